The molecule has 1 aliphatic heterocycles. The van der Waals surface area contributed by atoms with Crippen LogP contribution >= 0.6 is 0 Å². The van der Waals surface area contributed by atoms with Crippen molar-refractivity contribution in [3.05, 3.63) is 23.8 Å². The summed E-state index contributed by atoms with van der Waals surface area (Å²) in [5.74, 6) is 0.633. The molecule has 0 saturated heterocycles. The number of fused-ring (bicyclic) bond motifs is 1. The molecule has 1 heterocycles. The first kappa shape index (κ1) is 38.8. The van der Waals surface area contributed by atoms with Crippen LogP contribution < -0.4 is 15.2 Å². The van der Waals surface area contributed by atoms with E-state index in [1.807, 2.05) is 60.8 Å². The summed E-state index contributed by atoms with van der Waals surface area (Å²) in [5, 5.41) is 1.82. The first-order valence-corrected chi connectivity index (χ1v) is 19.3. The van der Waals surface area contributed by atoms with E-state index in [0.29, 0.717) is 51.1 Å². The van der Waals surface area contributed by atoms with Gasteiger partial charge in [-0.25, -0.2) is 10.2 Å². The molecule has 1 aromatic rings. The van der Waals surface area contributed by atoms with Crippen LogP contribution in [-0.4, -0.2) is 84.7 Å². The first-order valence-electron chi connectivity index (χ1n) is 19.3. The standard InChI is InChI=1S/C39H65N5O5/c1-6-7-8-15-25-43(33-21-13-10-14-22-33)35(45)24-17-26-48-34-23-16-18-31-27-42(28-36(46)49-29-39(2,3)4)30-44(37(31)34)40-38(47)41(5)32-19-11-9-12-20-32/h16,18,23,32-33H,6-15,17,19-22,24-30H2,1-5H3,(H,40,47). The molecule has 0 atom stereocenters. The number of rotatable bonds is 16. The number of unbranched alkanes of at least 4 members (excludes halogenated alkanes) is 3. The number of hydrogen-bond donors (Lipinski definition) is 1. The molecule has 49 heavy (non-hydrogen) atoms. The number of nitrogens with one attached hydrogen (secondary N) is 1. The fraction of sp³-hybridized carbons (Fsp3) is 0.769. The van der Waals surface area contributed by atoms with Crippen molar-refractivity contribution in [1.82, 2.24) is 20.1 Å². The summed E-state index contributed by atoms with van der Waals surface area (Å²) in [6, 6.07) is 6.32. The molecule has 10 heteroatoms. The highest BCUT2D eigenvalue weighted by atomic mass is 16.5. The molecule has 0 bridgehead atoms. The Labute approximate surface area is 296 Å². The van der Waals surface area contributed by atoms with E-state index in [1.165, 1.54) is 44.9 Å². The van der Waals surface area contributed by atoms with Gasteiger partial charge in [0, 0.05) is 38.6 Å². The molecule has 2 saturated carbocycles. The molecular weight excluding hydrogens is 618 g/mol. The van der Waals surface area contributed by atoms with Gasteiger partial charge >= 0.3 is 12.0 Å². The van der Waals surface area contributed by atoms with Gasteiger partial charge in [-0.2, -0.15) is 0 Å². The third-order valence-corrected chi connectivity index (χ3v) is 10.2. The van der Waals surface area contributed by atoms with Gasteiger partial charge in [-0.05, 0) is 55.6 Å². The number of ether oxygens (including phenoxy) is 2. The molecule has 3 amide bonds. The van der Waals surface area contributed by atoms with Crippen molar-refractivity contribution in [3.63, 3.8) is 0 Å². The van der Waals surface area contributed by atoms with Crippen LogP contribution in [0.25, 0.3) is 0 Å². The lowest BCUT2D eigenvalue weighted by molar-refractivity contribution is -0.148. The van der Waals surface area contributed by atoms with E-state index in [1.54, 1.807) is 0 Å². The molecule has 10 nitrogen and oxygen atoms in total. The summed E-state index contributed by atoms with van der Waals surface area (Å²) in [4.78, 5) is 45.9. The van der Waals surface area contributed by atoms with Crippen LogP contribution in [0.4, 0.5) is 10.5 Å². The number of carbonyl (C=O) groups is 3. The number of carbonyl (C=O) groups excluding carboxylic acids is 3. The SMILES string of the molecule is CCCCCCN(C(=O)CCCOc1cccc2c1N(NC(=O)N(C)C1CCCCC1)CN(CC(=O)OCC(C)(C)C)C2)C1CCCCC1. The molecule has 0 spiro atoms. The lowest BCUT2D eigenvalue weighted by Gasteiger charge is -2.40. The second kappa shape index (κ2) is 19.4. The average Bonchev–Trinajstić information content (AvgIpc) is 3.09. The van der Waals surface area contributed by atoms with Crippen molar-refractivity contribution in [2.24, 2.45) is 5.41 Å². The zero-order chi connectivity index (χ0) is 35.2. The third kappa shape index (κ3) is 12.4. The largest absolute Gasteiger partial charge is 0.491 e. The van der Waals surface area contributed by atoms with Crippen molar-refractivity contribution in [2.45, 2.75) is 149 Å². The lowest BCUT2D eigenvalue weighted by Crippen LogP contribution is -2.56. The van der Waals surface area contributed by atoms with E-state index in [2.05, 4.69) is 17.2 Å². The van der Waals surface area contributed by atoms with Gasteiger partial charge in [0.15, 0.2) is 0 Å². The quantitative estimate of drug-likeness (QED) is 0.141. The highest BCUT2D eigenvalue weighted by Gasteiger charge is 2.31. The maximum absolute atomic E-state index is 13.6. The maximum Gasteiger partial charge on any atom is 0.336 e. The van der Waals surface area contributed by atoms with E-state index >= 15 is 0 Å². The Balaban J connectivity index is 1.42. The number of anilines is 1. The number of urea groups is 1. The Morgan fingerprint density at radius 3 is 2.29 bits per heavy atom. The smallest absolute Gasteiger partial charge is 0.336 e. The normalized spacial score (nSPS) is 17.7. The summed E-state index contributed by atoms with van der Waals surface area (Å²) in [7, 11) is 1.87. The van der Waals surface area contributed by atoms with Crippen molar-refractivity contribution < 1.29 is 23.9 Å². The molecule has 1 N–H and O–H groups in total. The van der Waals surface area contributed by atoms with Crippen LogP contribution in [-0.2, 0) is 20.9 Å². The molecule has 0 radical (unpaired) electrons. The number of esters is 1. The van der Waals surface area contributed by atoms with Crippen LogP contribution in [0.15, 0.2) is 18.2 Å². The minimum atomic E-state index is -0.284. The molecule has 3 aliphatic rings. The molecule has 2 aliphatic carbocycles. The number of amides is 3. The zero-order valence-corrected chi connectivity index (χ0v) is 31.3. The number of hydrogen-bond acceptors (Lipinski definition) is 7. The number of hydrazine groups is 1. The highest BCUT2D eigenvalue weighted by Crippen LogP contribution is 2.36. The van der Waals surface area contributed by atoms with Crippen molar-refractivity contribution in [3.8, 4) is 5.75 Å². The Morgan fingerprint density at radius 2 is 1.61 bits per heavy atom. The van der Waals surface area contributed by atoms with E-state index in [0.717, 1.165) is 62.7 Å². The molecular formula is C39H65N5O5. The lowest BCUT2D eigenvalue weighted by atomic mass is 9.93. The second-order valence-corrected chi connectivity index (χ2v) is 15.8. The van der Waals surface area contributed by atoms with Gasteiger partial charge < -0.3 is 19.3 Å². The third-order valence-electron chi connectivity index (χ3n) is 10.2. The summed E-state index contributed by atoms with van der Waals surface area (Å²) in [6.07, 6.45) is 17.2. The van der Waals surface area contributed by atoms with Gasteiger partial charge in [0.05, 0.1) is 26.4 Å². The molecule has 276 valence electrons. The van der Waals surface area contributed by atoms with E-state index in [9.17, 15) is 14.4 Å². The molecule has 4 rings (SSSR count). The fourth-order valence-electron chi connectivity index (χ4n) is 7.39. The zero-order valence-electron chi connectivity index (χ0n) is 31.3. The Kier molecular flexibility index (Phi) is 15.4. The van der Waals surface area contributed by atoms with E-state index in [-0.39, 0.29) is 35.9 Å². The Hall–Kier alpha value is -3.01. The molecule has 1 aromatic carbocycles. The summed E-state index contributed by atoms with van der Waals surface area (Å²) in [5.41, 5.74) is 4.79. The van der Waals surface area contributed by atoms with Gasteiger partial charge in [0.1, 0.15) is 11.4 Å². The predicted octanol–water partition coefficient (Wildman–Crippen LogP) is 7.65. The monoisotopic (exact) mass is 683 g/mol. The molecule has 2 fully saturated rings. The van der Waals surface area contributed by atoms with Gasteiger partial charge in [-0.1, -0.05) is 97.6 Å². The fourth-order valence-corrected chi connectivity index (χ4v) is 7.39. The van der Waals surface area contributed by atoms with Crippen LogP contribution in [0, 0.1) is 5.41 Å². The maximum atomic E-state index is 13.6. The topological polar surface area (TPSA) is 94.7 Å². The summed E-state index contributed by atoms with van der Waals surface area (Å²) < 4.78 is 12.0. The predicted molar refractivity (Wildman–Crippen MR) is 195 cm³/mol. The second-order valence-electron chi connectivity index (χ2n) is 15.8. The average molecular weight is 684 g/mol. The van der Waals surface area contributed by atoms with Crippen LogP contribution in [0.3, 0.4) is 0 Å². The van der Waals surface area contributed by atoms with Gasteiger partial charge in [-0.15, -0.1) is 0 Å². The van der Waals surface area contributed by atoms with Crippen LogP contribution in [0.1, 0.15) is 136 Å². The molecule has 0 aromatic heterocycles. The van der Waals surface area contributed by atoms with Crippen LogP contribution in [0.2, 0.25) is 0 Å². The minimum Gasteiger partial charge on any atom is -0.491 e. The number of benzene rings is 1. The van der Waals surface area contributed by atoms with Crippen LogP contribution in [0.5, 0.6) is 5.75 Å². The summed E-state index contributed by atoms with van der Waals surface area (Å²) in [6.45, 7) is 10.9. The highest BCUT2D eigenvalue weighted by molar-refractivity contribution is 5.79. The van der Waals surface area contributed by atoms with E-state index in [4.69, 9.17) is 9.47 Å². The Morgan fingerprint density at radius 1 is 0.918 bits per heavy atom. The molecule has 0 unspecified atom stereocenters. The van der Waals surface area contributed by atoms with Gasteiger partial charge in [0.25, 0.3) is 0 Å². The number of nitrogens with zero attached hydrogens (tertiary/aromatic N) is 4. The van der Waals surface area contributed by atoms with Crippen molar-refractivity contribution >= 4 is 23.6 Å². The number of para-hydroxylation sites is 1. The summed E-state index contributed by atoms with van der Waals surface area (Å²) >= 11 is 0. The van der Waals surface area contributed by atoms with Crippen molar-refractivity contribution in [1.29, 1.82) is 0 Å². The van der Waals surface area contributed by atoms with Gasteiger partial charge in [0.2, 0.25) is 5.91 Å². The Bertz CT molecular complexity index is 1190. The van der Waals surface area contributed by atoms with E-state index < -0.39 is 0 Å². The van der Waals surface area contributed by atoms with Gasteiger partial charge in [-0.3, -0.25) is 19.5 Å². The first-order chi connectivity index (χ1) is 23.6. The van der Waals surface area contributed by atoms with Crippen molar-refractivity contribution in [2.75, 3.05) is 45.0 Å². The minimum absolute atomic E-state index is 0.115.